The molecule has 0 aromatic heterocycles. The first kappa shape index (κ1) is 15.8. The highest BCUT2D eigenvalue weighted by Gasteiger charge is 2.49. The van der Waals surface area contributed by atoms with Crippen molar-refractivity contribution in [3.8, 4) is 0 Å². The van der Waals surface area contributed by atoms with Crippen molar-refractivity contribution < 1.29 is 9.59 Å². The Morgan fingerprint density at radius 1 is 1.00 bits per heavy atom. The maximum absolute atomic E-state index is 12.8. The molecular formula is C17H14Cl2N2O2. The number of imide groups is 1. The van der Waals surface area contributed by atoms with Crippen molar-refractivity contribution in [2.24, 2.45) is 0 Å². The molecule has 3 rings (SSSR count). The molecule has 2 aromatic rings. The SMILES string of the molecule is CC1(c2ccccc2Cl)NC(=O)N(Cc2ccccc2Cl)C1=O. The van der Waals surface area contributed by atoms with E-state index in [1.54, 1.807) is 49.4 Å². The number of rotatable bonds is 3. The summed E-state index contributed by atoms with van der Waals surface area (Å²) in [5.41, 5.74) is 0.0965. The highest BCUT2D eigenvalue weighted by Crippen LogP contribution is 2.34. The molecule has 0 aliphatic carbocycles. The summed E-state index contributed by atoms with van der Waals surface area (Å²) in [7, 11) is 0. The van der Waals surface area contributed by atoms with Gasteiger partial charge in [0.2, 0.25) is 0 Å². The first-order chi connectivity index (χ1) is 10.9. The molecule has 1 saturated heterocycles. The predicted molar refractivity (Wildman–Crippen MR) is 89.3 cm³/mol. The topological polar surface area (TPSA) is 49.4 Å². The maximum Gasteiger partial charge on any atom is 0.325 e. The van der Waals surface area contributed by atoms with Gasteiger partial charge in [-0.3, -0.25) is 9.69 Å². The van der Waals surface area contributed by atoms with Crippen LogP contribution in [0.15, 0.2) is 48.5 Å². The molecule has 1 heterocycles. The van der Waals surface area contributed by atoms with E-state index in [1.165, 1.54) is 0 Å². The Balaban J connectivity index is 1.94. The van der Waals surface area contributed by atoms with Gasteiger partial charge in [-0.1, -0.05) is 59.6 Å². The smallest absolute Gasteiger partial charge is 0.319 e. The van der Waals surface area contributed by atoms with Crippen molar-refractivity contribution in [1.29, 1.82) is 0 Å². The number of nitrogens with one attached hydrogen (secondary N) is 1. The van der Waals surface area contributed by atoms with Crippen LogP contribution in [0.1, 0.15) is 18.1 Å². The van der Waals surface area contributed by atoms with E-state index in [9.17, 15) is 9.59 Å². The van der Waals surface area contributed by atoms with Gasteiger partial charge >= 0.3 is 6.03 Å². The first-order valence-electron chi connectivity index (χ1n) is 7.06. The molecule has 23 heavy (non-hydrogen) atoms. The van der Waals surface area contributed by atoms with E-state index >= 15 is 0 Å². The number of halogens is 2. The van der Waals surface area contributed by atoms with Crippen LogP contribution in [0.3, 0.4) is 0 Å². The van der Waals surface area contributed by atoms with Gasteiger partial charge in [0, 0.05) is 15.6 Å². The number of carbonyl (C=O) groups excluding carboxylic acids is 2. The third-order valence-corrected chi connectivity index (χ3v) is 4.67. The lowest BCUT2D eigenvalue weighted by Crippen LogP contribution is -2.41. The summed E-state index contributed by atoms with van der Waals surface area (Å²) >= 11 is 12.3. The van der Waals surface area contributed by atoms with Crippen molar-refractivity contribution in [2.75, 3.05) is 0 Å². The Bertz CT molecular complexity index is 794. The fraction of sp³-hybridized carbons (Fsp3) is 0.176. The molecule has 6 heteroatoms. The summed E-state index contributed by atoms with van der Waals surface area (Å²) < 4.78 is 0. The number of urea groups is 1. The van der Waals surface area contributed by atoms with Crippen molar-refractivity contribution in [3.05, 3.63) is 69.7 Å². The van der Waals surface area contributed by atoms with Gasteiger partial charge in [0.25, 0.3) is 5.91 Å². The van der Waals surface area contributed by atoms with Crippen LogP contribution in [0.25, 0.3) is 0 Å². The van der Waals surface area contributed by atoms with Crippen LogP contribution in [0.4, 0.5) is 4.79 Å². The summed E-state index contributed by atoms with van der Waals surface area (Å²) in [6.45, 7) is 1.77. The highest BCUT2D eigenvalue weighted by molar-refractivity contribution is 6.32. The van der Waals surface area contributed by atoms with E-state index in [1.807, 2.05) is 6.07 Å². The number of hydrogen-bond acceptors (Lipinski definition) is 2. The van der Waals surface area contributed by atoms with Crippen LogP contribution in [-0.2, 0) is 16.9 Å². The molecule has 0 radical (unpaired) electrons. The van der Waals surface area contributed by atoms with E-state index in [0.29, 0.717) is 21.2 Å². The summed E-state index contributed by atoms with van der Waals surface area (Å²) in [6.07, 6.45) is 0. The van der Waals surface area contributed by atoms with Gasteiger partial charge < -0.3 is 5.32 Å². The number of nitrogens with zero attached hydrogens (tertiary/aromatic N) is 1. The standard InChI is InChI=1S/C17H14Cl2N2O2/c1-17(12-7-3-5-9-14(12)19)15(22)21(16(23)20-17)10-11-6-2-4-8-13(11)18/h2-9H,10H2,1H3,(H,20,23). The molecule has 0 spiro atoms. The van der Waals surface area contributed by atoms with Crippen molar-refractivity contribution >= 4 is 35.1 Å². The van der Waals surface area contributed by atoms with Crippen LogP contribution < -0.4 is 5.32 Å². The number of carbonyl (C=O) groups is 2. The Kier molecular flexibility index (Phi) is 4.04. The molecule has 1 N–H and O–H groups in total. The highest BCUT2D eigenvalue weighted by atomic mass is 35.5. The van der Waals surface area contributed by atoms with Gasteiger partial charge in [-0.2, -0.15) is 0 Å². The van der Waals surface area contributed by atoms with Gasteiger partial charge in [0.15, 0.2) is 0 Å². The Morgan fingerprint density at radius 2 is 1.61 bits per heavy atom. The molecule has 118 valence electrons. The van der Waals surface area contributed by atoms with Gasteiger partial charge in [0.05, 0.1) is 6.54 Å². The summed E-state index contributed by atoms with van der Waals surface area (Å²) in [5.74, 6) is -0.351. The average Bonchev–Trinajstić information content (AvgIpc) is 2.74. The van der Waals surface area contributed by atoms with E-state index < -0.39 is 11.6 Å². The van der Waals surface area contributed by atoms with Crippen LogP contribution in [-0.4, -0.2) is 16.8 Å². The molecule has 3 amide bonds. The van der Waals surface area contributed by atoms with Crippen LogP contribution in [0, 0.1) is 0 Å². The van der Waals surface area contributed by atoms with E-state index in [-0.39, 0.29) is 12.5 Å². The molecular weight excluding hydrogens is 335 g/mol. The van der Waals surface area contributed by atoms with Gasteiger partial charge in [0.1, 0.15) is 5.54 Å². The lowest BCUT2D eigenvalue weighted by molar-refractivity contribution is -0.131. The Labute approximate surface area is 144 Å². The Hall–Kier alpha value is -2.04. The molecule has 4 nitrogen and oxygen atoms in total. The largest absolute Gasteiger partial charge is 0.325 e. The second-order valence-corrected chi connectivity index (χ2v) is 6.33. The molecule has 1 atom stereocenters. The lowest BCUT2D eigenvalue weighted by atomic mass is 9.92. The maximum atomic E-state index is 12.8. The van der Waals surface area contributed by atoms with E-state index in [0.717, 1.165) is 4.90 Å². The fourth-order valence-electron chi connectivity index (χ4n) is 2.69. The zero-order chi connectivity index (χ0) is 16.6. The molecule has 2 aromatic carbocycles. The zero-order valence-corrected chi connectivity index (χ0v) is 13.9. The predicted octanol–water partition coefficient (Wildman–Crippen LogP) is 3.96. The number of amides is 3. The minimum atomic E-state index is -1.18. The molecule has 1 aliphatic rings. The van der Waals surface area contributed by atoms with Crippen LogP contribution in [0.5, 0.6) is 0 Å². The molecule has 1 unspecified atom stereocenters. The first-order valence-corrected chi connectivity index (χ1v) is 7.81. The van der Waals surface area contributed by atoms with Gasteiger partial charge in [-0.25, -0.2) is 4.79 Å². The van der Waals surface area contributed by atoms with Crippen molar-refractivity contribution in [3.63, 3.8) is 0 Å². The number of hydrogen-bond donors (Lipinski definition) is 1. The third-order valence-electron chi connectivity index (χ3n) is 3.97. The zero-order valence-electron chi connectivity index (χ0n) is 12.3. The van der Waals surface area contributed by atoms with Crippen LogP contribution in [0.2, 0.25) is 10.0 Å². The van der Waals surface area contributed by atoms with Crippen molar-refractivity contribution in [2.45, 2.75) is 19.0 Å². The monoisotopic (exact) mass is 348 g/mol. The molecule has 0 saturated carbocycles. The number of benzene rings is 2. The molecule has 0 bridgehead atoms. The average molecular weight is 349 g/mol. The normalized spacial score (nSPS) is 20.7. The fourth-order valence-corrected chi connectivity index (χ4v) is 3.21. The van der Waals surface area contributed by atoms with Crippen LogP contribution >= 0.6 is 23.2 Å². The van der Waals surface area contributed by atoms with Gasteiger partial charge in [-0.15, -0.1) is 0 Å². The Morgan fingerprint density at radius 3 is 2.26 bits per heavy atom. The molecule has 1 aliphatic heterocycles. The third kappa shape index (κ3) is 2.69. The minimum Gasteiger partial charge on any atom is -0.319 e. The quantitative estimate of drug-likeness (QED) is 0.853. The molecule has 1 fully saturated rings. The second kappa shape index (κ2) is 5.87. The summed E-state index contributed by atoms with van der Waals surface area (Å²) in [5, 5.41) is 3.68. The van der Waals surface area contributed by atoms with Crippen molar-refractivity contribution in [1.82, 2.24) is 10.2 Å². The second-order valence-electron chi connectivity index (χ2n) is 5.52. The van der Waals surface area contributed by atoms with Gasteiger partial charge in [-0.05, 0) is 24.6 Å². The summed E-state index contributed by atoms with van der Waals surface area (Å²) in [4.78, 5) is 26.3. The minimum absolute atomic E-state index is 0.115. The van der Waals surface area contributed by atoms with E-state index in [4.69, 9.17) is 23.2 Å². The van der Waals surface area contributed by atoms with E-state index in [2.05, 4.69) is 5.32 Å². The lowest BCUT2D eigenvalue weighted by Gasteiger charge is -2.23. The summed E-state index contributed by atoms with van der Waals surface area (Å²) in [6, 6.07) is 13.6.